The van der Waals surface area contributed by atoms with Gasteiger partial charge in [0.15, 0.2) is 0 Å². The Labute approximate surface area is 99.3 Å². The molecule has 0 heterocycles. The first-order chi connectivity index (χ1) is 7.66. The summed E-state index contributed by atoms with van der Waals surface area (Å²) in [6, 6.07) is 14.8. The van der Waals surface area contributed by atoms with Crippen LogP contribution >= 0.6 is 12.2 Å². The highest BCUT2D eigenvalue weighted by Crippen LogP contribution is 2.22. The predicted molar refractivity (Wildman–Crippen MR) is 69.4 cm³/mol. The SMILES string of the molecule is NC(=S)c1ccc(-c2ccc(O)cc2)cc1. The van der Waals surface area contributed by atoms with E-state index in [2.05, 4.69) is 0 Å². The molecule has 0 aromatic heterocycles. The third kappa shape index (κ3) is 2.20. The van der Waals surface area contributed by atoms with E-state index < -0.39 is 0 Å². The van der Waals surface area contributed by atoms with Crippen LogP contribution in [0.5, 0.6) is 5.75 Å². The highest BCUT2D eigenvalue weighted by Gasteiger charge is 1.99. The molecule has 16 heavy (non-hydrogen) atoms. The number of hydrogen-bond acceptors (Lipinski definition) is 2. The first-order valence-corrected chi connectivity index (χ1v) is 5.27. The van der Waals surface area contributed by atoms with Gasteiger partial charge in [0.05, 0.1) is 0 Å². The molecule has 0 atom stereocenters. The van der Waals surface area contributed by atoms with E-state index in [1.807, 2.05) is 36.4 Å². The minimum Gasteiger partial charge on any atom is -0.508 e. The maximum absolute atomic E-state index is 9.19. The number of thiocarbonyl (C=S) groups is 1. The van der Waals surface area contributed by atoms with Crippen molar-refractivity contribution < 1.29 is 5.11 Å². The van der Waals surface area contributed by atoms with Gasteiger partial charge in [-0.3, -0.25) is 0 Å². The number of aromatic hydroxyl groups is 1. The molecule has 3 heteroatoms. The molecule has 0 bridgehead atoms. The van der Waals surface area contributed by atoms with E-state index in [-0.39, 0.29) is 5.75 Å². The lowest BCUT2D eigenvalue weighted by atomic mass is 10.0. The minimum absolute atomic E-state index is 0.267. The van der Waals surface area contributed by atoms with Gasteiger partial charge in [-0.2, -0.15) is 0 Å². The summed E-state index contributed by atoms with van der Waals surface area (Å²) in [6.07, 6.45) is 0. The van der Waals surface area contributed by atoms with Crippen LogP contribution in [0, 0.1) is 0 Å². The second-order valence-corrected chi connectivity index (χ2v) is 3.93. The van der Waals surface area contributed by atoms with Crippen LogP contribution < -0.4 is 5.73 Å². The maximum atomic E-state index is 9.19. The van der Waals surface area contributed by atoms with E-state index in [9.17, 15) is 5.11 Å². The van der Waals surface area contributed by atoms with Crippen LogP contribution in [0.25, 0.3) is 11.1 Å². The van der Waals surface area contributed by atoms with Gasteiger partial charge in [0.25, 0.3) is 0 Å². The monoisotopic (exact) mass is 229 g/mol. The van der Waals surface area contributed by atoms with Crippen molar-refractivity contribution in [3.63, 3.8) is 0 Å². The molecule has 0 fully saturated rings. The highest BCUT2D eigenvalue weighted by atomic mass is 32.1. The lowest BCUT2D eigenvalue weighted by Gasteiger charge is -2.03. The molecule has 0 aliphatic carbocycles. The molecule has 0 aliphatic heterocycles. The van der Waals surface area contributed by atoms with Crippen LogP contribution in [-0.2, 0) is 0 Å². The first kappa shape index (κ1) is 10.6. The Balaban J connectivity index is 2.34. The Morgan fingerprint density at radius 3 is 1.75 bits per heavy atom. The van der Waals surface area contributed by atoms with Crippen molar-refractivity contribution in [3.8, 4) is 16.9 Å². The summed E-state index contributed by atoms with van der Waals surface area (Å²) in [7, 11) is 0. The standard InChI is InChI=1S/C13H11NOS/c14-13(16)11-3-1-9(2-4-11)10-5-7-12(15)8-6-10/h1-8,15H,(H2,14,16). The fourth-order valence-corrected chi connectivity index (χ4v) is 1.62. The number of phenolic OH excluding ortho intramolecular Hbond substituents is 1. The maximum Gasteiger partial charge on any atom is 0.115 e. The van der Waals surface area contributed by atoms with Gasteiger partial charge >= 0.3 is 0 Å². The summed E-state index contributed by atoms with van der Waals surface area (Å²) < 4.78 is 0. The van der Waals surface area contributed by atoms with Gasteiger partial charge in [0.2, 0.25) is 0 Å². The summed E-state index contributed by atoms with van der Waals surface area (Å²) in [6.45, 7) is 0. The van der Waals surface area contributed by atoms with Crippen LogP contribution in [-0.4, -0.2) is 10.1 Å². The zero-order valence-corrected chi connectivity index (χ0v) is 9.37. The summed E-state index contributed by atoms with van der Waals surface area (Å²) >= 11 is 4.88. The summed E-state index contributed by atoms with van der Waals surface area (Å²) in [5, 5.41) is 9.19. The Hall–Kier alpha value is -1.87. The van der Waals surface area contributed by atoms with Gasteiger partial charge in [0, 0.05) is 5.56 Å². The Bertz CT molecular complexity index is 502. The molecule has 0 saturated carbocycles. The molecule has 80 valence electrons. The Morgan fingerprint density at radius 1 is 0.875 bits per heavy atom. The minimum atomic E-state index is 0.267. The second-order valence-electron chi connectivity index (χ2n) is 3.49. The van der Waals surface area contributed by atoms with Crippen LogP contribution in [0.15, 0.2) is 48.5 Å². The fraction of sp³-hybridized carbons (Fsp3) is 0. The van der Waals surface area contributed by atoms with Crippen molar-refractivity contribution >= 4 is 17.2 Å². The quantitative estimate of drug-likeness (QED) is 0.778. The average molecular weight is 229 g/mol. The lowest BCUT2D eigenvalue weighted by Crippen LogP contribution is -2.08. The highest BCUT2D eigenvalue weighted by molar-refractivity contribution is 7.80. The third-order valence-electron chi connectivity index (χ3n) is 2.37. The number of nitrogens with two attached hydrogens (primary N) is 1. The van der Waals surface area contributed by atoms with E-state index in [0.29, 0.717) is 4.99 Å². The Morgan fingerprint density at radius 2 is 1.31 bits per heavy atom. The molecule has 0 aliphatic rings. The molecule has 2 rings (SSSR count). The normalized spacial score (nSPS) is 10.0. The second kappa shape index (κ2) is 4.33. The topological polar surface area (TPSA) is 46.2 Å². The molecule has 0 spiro atoms. The van der Waals surface area contributed by atoms with Crippen molar-refractivity contribution in [1.29, 1.82) is 0 Å². The van der Waals surface area contributed by atoms with Gasteiger partial charge in [-0.05, 0) is 23.3 Å². The molecule has 0 unspecified atom stereocenters. The Kier molecular flexibility index (Phi) is 2.88. The van der Waals surface area contributed by atoms with Gasteiger partial charge in [0.1, 0.15) is 10.7 Å². The van der Waals surface area contributed by atoms with E-state index >= 15 is 0 Å². The van der Waals surface area contributed by atoms with Gasteiger partial charge in [-0.15, -0.1) is 0 Å². The van der Waals surface area contributed by atoms with E-state index in [4.69, 9.17) is 18.0 Å². The van der Waals surface area contributed by atoms with Crippen molar-refractivity contribution in [2.75, 3.05) is 0 Å². The molecule has 0 radical (unpaired) electrons. The number of benzene rings is 2. The zero-order valence-electron chi connectivity index (χ0n) is 8.55. The molecule has 2 aromatic carbocycles. The summed E-state index contributed by atoms with van der Waals surface area (Å²) in [4.78, 5) is 0.400. The smallest absolute Gasteiger partial charge is 0.115 e. The average Bonchev–Trinajstić information content (AvgIpc) is 2.30. The molecule has 2 aromatic rings. The van der Waals surface area contributed by atoms with Crippen LogP contribution in [0.4, 0.5) is 0 Å². The van der Waals surface area contributed by atoms with Gasteiger partial charge < -0.3 is 10.8 Å². The number of phenols is 1. The largest absolute Gasteiger partial charge is 0.508 e. The predicted octanol–water partition coefficient (Wildman–Crippen LogP) is 2.69. The van der Waals surface area contributed by atoms with Crippen molar-refractivity contribution in [1.82, 2.24) is 0 Å². The van der Waals surface area contributed by atoms with Crippen LogP contribution in [0.1, 0.15) is 5.56 Å². The zero-order chi connectivity index (χ0) is 11.5. The summed E-state index contributed by atoms with van der Waals surface area (Å²) in [5.74, 6) is 0.267. The van der Waals surface area contributed by atoms with Crippen molar-refractivity contribution in [3.05, 3.63) is 54.1 Å². The molecule has 2 nitrogen and oxygen atoms in total. The van der Waals surface area contributed by atoms with Crippen molar-refractivity contribution in [2.45, 2.75) is 0 Å². The van der Waals surface area contributed by atoms with Crippen molar-refractivity contribution in [2.24, 2.45) is 5.73 Å². The molecular weight excluding hydrogens is 218 g/mol. The first-order valence-electron chi connectivity index (χ1n) is 4.86. The van der Waals surface area contributed by atoms with Gasteiger partial charge in [-0.1, -0.05) is 48.6 Å². The van der Waals surface area contributed by atoms with E-state index in [1.165, 1.54) is 0 Å². The lowest BCUT2D eigenvalue weighted by molar-refractivity contribution is 0.475. The van der Waals surface area contributed by atoms with Gasteiger partial charge in [-0.25, -0.2) is 0 Å². The molecule has 0 amide bonds. The summed E-state index contributed by atoms with van der Waals surface area (Å²) in [5.41, 5.74) is 8.50. The molecular formula is C13H11NOS. The molecule has 0 saturated heterocycles. The fourth-order valence-electron chi connectivity index (χ4n) is 1.48. The molecule has 3 N–H and O–H groups in total. The van der Waals surface area contributed by atoms with Crippen LogP contribution in [0.3, 0.4) is 0 Å². The number of hydrogen-bond donors (Lipinski definition) is 2. The van der Waals surface area contributed by atoms with Crippen LogP contribution in [0.2, 0.25) is 0 Å². The third-order valence-corrected chi connectivity index (χ3v) is 2.61. The number of rotatable bonds is 2. The van der Waals surface area contributed by atoms with E-state index in [1.54, 1.807) is 12.1 Å². The van der Waals surface area contributed by atoms with E-state index in [0.717, 1.165) is 16.7 Å².